The third-order valence-electron chi connectivity index (χ3n) is 1.81. The van der Waals surface area contributed by atoms with Crippen molar-refractivity contribution in [1.29, 1.82) is 0 Å². The number of imidazole rings is 1. The molecule has 0 spiro atoms. The van der Waals surface area contributed by atoms with Crippen LogP contribution in [-0.2, 0) is 6.54 Å². The molecule has 74 valence electrons. The van der Waals surface area contributed by atoms with Gasteiger partial charge in [0.15, 0.2) is 0 Å². The zero-order valence-electron chi connectivity index (χ0n) is 8.14. The summed E-state index contributed by atoms with van der Waals surface area (Å²) in [5.41, 5.74) is 6.37. The lowest BCUT2D eigenvalue weighted by Gasteiger charge is -2.05. The zero-order valence-corrected chi connectivity index (χ0v) is 8.14. The number of hydrogen-bond acceptors (Lipinski definition) is 3. The predicted molar refractivity (Wildman–Crippen MR) is 51.1 cm³/mol. The Balaban J connectivity index is 2.63. The van der Waals surface area contributed by atoms with Crippen LogP contribution in [0.1, 0.15) is 25.6 Å². The van der Waals surface area contributed by atoms with Gasteiger partial charge in [-0.1, -0.05) is 13.8 Å². The summed E-state index contributed by atoms with van der Waals surface area (Å²) < 4.78 is 2.00. The molecule has 4 heteroatoms. The summed E-state index contributed by atoms with van der Waals surface area (Å²) in [5, 5.41) is 8.81. The Kier molecular flexibility index (Phi) is 3.45. The van der Waals surface area contributed by atoms with E-state index >= 15 is 0 Å². The van der Waals surface area contributed by atoms with Crippen molar-refractivity contribution >= 4 is 0 Å². The second kappa shape index (κ2) is 4.39. The highest BCUT2D eigenvalue weighted by molar-refractivity contribution is 5.02. The first-order valence-corrected chi connectivity index (χ1v) is 4.51. The smallest absolute Gasteiger partial charge is 0.0950 e. The van der Waals surface area contributed by atoms with Crippen LogP contribution >= 0.6 is 0 Å². The fourth-order valence-corrected chi connectivity index (χ4v) is 1.18. The first-order valence-electron chi connectivity index (χ1n) is 4.51. The number of nitrogens with zero attached hydrogens (tertiary/aromatic N) is 2. The van der Waals surface area contributed by atoms with Crippen molar-refractivity contribution in [1.82, 2.24) is 9.55 Å². The summed E-state index contributed by atoms with van der Waals surface area (Å²) in [6.07, 6.45) is 3.64. The van der Waals surface area contributed by atoms with Crippen LogP contribution in [0.4, 0.5) is 0 Å². The maximum Gasteiger partial charge on any atom is 0.0950 e. The molecule has 4 nitrogen and oxygen atoms in total. The van der Waals surface area contributed by atoms with Gasteiger partial charge in [0.1, 0.15) is 0 Å². The third kappa shape index (κ3) is 2.82. The van der Waals surface area contributed by atoms with Crippen LogP contribution in [0.3, 0.4) is 0 Å². The van der Waals surface area contributed by atoms with Crippen molar-refractivity contribution in [2.45, 2.75) is 26.4 Å². The molecule has 13 heavy (non-hydrogen) atoms. The Labute approximate surface area is 78.4 Å². The van der Waals surface area contributed by atoms with E-state index in [9.17, 15) is 0 Å². The van der Waals surface area contributed by atoms with Gasteiger partial charge in [0.05, 0.1) is 24.7 Å². The summed E-state index contributed by atoms with van der Waals surface area (Å²) in [7, 11) is 0. The van der Waals surface area contributed by atoms with Crippen molar-refractivity contribution < 1.29 is 5.11 Å². The molecule has 0 aliphatic rings. The van der Waals surface area contributed by atoms with Gasteiger partial charge < -0.3 is 15.4 Å². The van der Waals surface area contributed by atoms with E-state index in [1.54, 1.807) is 6.33 Å². The molecule has 0 bridgehead atoms. The van der Waals surface area contributed by atoms with Crippen LogP contribution in [0.25, 0.3) is 0 Å². The molecule has 0 saturated heterocycles. The Morgan fingerprint density at radius 2 is 2.31 bits per heavy atom. The Bertz CT molecular complexity index is 257. The standard InChI is InChI=1S/C9H17N3O/c1-7(2)3-12-4-9(11-6-12)8(10)5-13/h4,6-8,13H,3,5,10H2,1-2H3. The molecule has 0 aliphatic heterocycles. The van der Waals surface area contributed by atoms with Crippen LogP contribution in [-0.4, -0.2) is 21.3 Å². The second-order valence-electron chi connectivity index (χ2n) is 3.68. The molecule has 1 rings (SSSR count). The van der Waals surface area contributed by atoms with Crippen LogP contribution in [0.15, 0.2) is 12.5 Å². The van der Waals surface area contributed by atoms with Crippen molar-refractivity contribution in [2.24, 2.45) is 11.7 Å². The SMILES string of the molecule is CC(C)Cn1cnc(C(N)CO)c1. The summed E-state index contributed by atoms with van der Waals surface area (Å²) in [5.74, 6) is 0.590. The van der Waals surface area contributed by atoms with Gasteiger partial charge in [0.2, 0.25) is 0 Å². The molecule has 0 fully saturated rings. The van der Waals surface area contributed by atoms with Crippen molar-refractivity contribution in [3.63, 3.8) is 0 Å². The minimum Gasteiger partial charge on any atom is -0.394 e. The number of aliphatic hydroxyl groups is 1. The molecule has 0 radical (unpaired) electrons. The van der Waals surface area contributed by atoms with Crippen LogP contribution < -0.4 is 5.73 Å². The van der Waals surface area contributed by atoms with Gasteiger partial charge in [-0.2, -0.15) is 0 Å². The summed E-state index contributed by atoms with van der Waals surface area (Å²) in [6, 6.07) is -0.353. The Hall–Kier alpha value is -0.870. The van der Waals surface area contributed by atoms with Gasteiger partial charge in [-0.25, -0.2) is 4.98 Å². The first-order chi connectivity index (χ1) is 6.13. The van der Waals surface area contributed by atoms with E-state index in [1.807, 2.05) is 10.8 Å². The average molecular weight is 183 g/mol. The maximum atomic E-state index is 8.81. The summed E-state index contributed by atoms with van der Waals surface area (Å²) >= 11 is 0. The fourth-order valence-electron chi connectivity index (χ4n) is 1.18. The average Bonchev–Trinajstić information content (AvgIpc) is 2.50. The molecule has 1 aromatic heterocycles. The molecule has 3 N–H and O–H groups in total. The molecule has 1 aromatic rings. The molecule has 1 unspecified atom stereocenters. The zero-order chi connectivity index (χ0) is 9.84. The first kappa shape index (κ1) is 10.2. The number of aromatic nitrogens is 2. The predicted octanol–water partition coefficient (Wildman–Crippen LogP) is 0.531. The minimum atomic E-state index is -0.353. The van der Waals surface area contributed by atoms with E-state index in [0.29, 0.717) is 5.92 Å². The molecule has 1 heterocycles. The van der Waals surface area contributed by atoms with Crippen molar-refractivity contribution in [3.05, 3.63) is 18.2 Å². The third-order valence-corrected chi connectivity index (χ3v) is 1.81. The maximum absolute atomic E-state index is 8.81. The van der Waals surface area contributed by atoms with Crippen molar-refractivity contribution in [3.8, 4) is 0 Å². The quantitative estimate of drug-likeness (QED) is 0.715. The molecule has 0 amide bonds. The lowest BCUT2D eigenvalue weighted by molar-refractivity contribution is 0.266. The molecule has 1 atom stereocenters. The number of aliphatic hydroxyl groups excluding tert-OH is 1. The highest BCUT2D eigenvalue weighted by Gasteiger charge is 2.07. The normalized spacial score (nSPS) is 13.6. The van der Waals surface area contributed by atoms with Crippen LogP contribution in [0.2, 0.25) is 0 Å². The monoisotopic (exact) mass is 183 g/mol. The number of nitrogens with two attached hydrogens (primary N) is 1. The van der Waals surface area contributed by atoms with Crippen LogP contribution in [0, 0.1) is 5.92 Å². The van der Waals surface area contributed by atoms with E-state index in [4.69, 9.17) is 10.8 Å². The molecule has 0 aromatic carbocycles. The molecule has 0 aliphatic carbocycles. The highest BCUT2D eigenvalue weighted by atomic mass is 16.3. The van der Waals surface area contributed by atoms with E-state index in [0.717, 1.165) is 12.2 Å². The van der Waals surface area contributed by atoms with E-state index in [2.05, 4.69) is 18.8 Å². The van der Waals surface area contributed by atoms with Crippen molar-refractivity contribution in [2.75, 3.05) is 6.61 Å². The molecule has 0 saturated carbocycles. The van der Waals surface area contributed by atoms with E-state index < -0.39 is 0 Å². The lowest BCUT2D eigenvalue weighted by atomic mass is 10.2. The number of hydrogen-bond donors (Lipinski definition) is 2. The minimum absolute atomic E-state index is 0.0569. The van der Waals surface area contributed by atoms with Gasteiger partial charge >= 0.3 is 0 Å². The van der Waals surface area contributed by atoms with E-state index in [-0.39, 0.29) is 12.6 Å². The number of rotatable bonds is 4. The molecular formula is C9H17N3O. The largest absolute Gasteiger partial charge is 0.394 e. The van der Waals surface area contributed by atoms with Gasteiger partial charge in [0.25, 0.3) is 0 Å². The fraction of sp³-hybridized carbons (Fsp3) is 0.667. The second-order valence-corrected chi connectivity index (χ2v) is 3.68. The van der Waals surface area contributed by atoms with Crippen LogP contribution in [0.5, 0.6) is 0 Å². The van der Waals surface area contributed by atoms with Gasteiger partial charge in [0, 0.05) is 12.7 Å². The Morgan fingerprint density at radius 1 is 1.62 bits per heavy atom. The topological polar surface area (TPSA) is 64.1 Å². The molecular weight excluding hydrogens is 166 g/mol. The Morgan fingerprint density at radius 3 is 2.85 bits per heavy atom. The summed E-state index contributed by atoms with van der Waals surface area (Å²) in [6.45, 7) is 5.17. The van der Waals surface area contributed by atoms with Gasteiger partial charge in [-0.15, -0.1) is 0 Å². The van der Waals surface area contributed by atoms with E-state index in [1.165, 1.54) is 0 Å². The summed E-state index contributed by atoms with van der Waals surface area (Å²) in [4.78, 5) is 4.12. The van der Waals surface area contributed by atoms with Gasteiger partial charge in [-0.05, 0) is 5.92 Å². The lowest BCUT2D eigenvalue weighted by Crippen LogP contribution is -2.14. The highest BCUT2D eigenvalue weighted by Crippen LogP contribution is 2.07. The van der Waals surface area contributed by atoms with Gasteiger partial charge in [-0.3, -0.25) is 0 Å².